The summed E-state index contributed by atoms with van der Waals surface area (Å²) in [6.07, 6.45) is -0.987. The van der Waals surface area contributed by atoms with E-state index in [9.17, 15) is 22.8 Å². The molecule has 2 saturated heterocycles. The van der Waals surface area contributed by atoms with Gasteiger partial charge < -0.3 is 19.3 Å². The van der Waals surface area contributed by atoms with Crippen molar-refractivity contribution in [2.75, 3.05) is 45.7 Å². The highest BCUT2D eigenvalue weighted by atomic mass is 35.5. The van der Waals surface area contributed by atoms with Crippen molar-refractivity contribution in [1.82, 2.24) is 14.5 Å². The molecule has 0 spiro atoms. The van der Waals surface area contributed by atoms with Crippen LogP contribution in [0.4, 0.5) is 0 Å². The lowest BCUT2D eigenvalue weighted by Gasteiger charge is -2.33. The molecule has 0 saturated carbocycles. The van der Waals surface area contributed by atoms with Gasteiger partial charge >= 0.3 is 0 Å². The first-order valence-electron chi connectivity index (χ1n) is 9.70. The Morgan fingerprint density at radius 1 is 1.23 bits per heavy atom. The molecule has 2 aliphatic rings. The van der Waals surface area contributed by atoms with Crippen molar-refractivity contribution in [3.63, 3.8) is 0 Å². The molecule has 12 heteroatoms. The maximum absolute atomic E-state index is 12.8. The Morgan fingerprint density at radius 2 is 1.87 bits per heavy atom. The summed E-state index contributed by atoms with van der Waals surface area (Å²) < 4.78 is 37.7. The lowest BCUT2D eigenvalue weighted by molar-refractivity contribution is -0.163. The second-order valence-corrected chi connectivity index (χ2v) is 9.40. The molecule has 3 rings (SSSR count). The highest BCUT2D eigenvalue weighted by Gasteiger charge is 2.42. The Kier molecular flexibility index (Phi) is 7.65. The smallest absolute Gasteiger partial charge is 0.273 e. The average molecular weight is 474 g/mol. The van der Waals surface area contributed by atoms with Crippen LogP contribution < -0.4 is 4.72 Å². The van der Waals surface area contributed by atoms with Crippen molar-refractivity contribution in [2.24, 2.45) is 0 Å². The standard InChI is InChI=1S/C19H24ClN3O7S/c1-29-19(18(26)22-8-10-30-11-9-22)23-7-6-15(17(23)25)21-31(27,28)12-16(24)13-2-4-14(20)5-3-13/h2-5,15,19,21H,6-12H2,1H3/t15-,19-/m0/s1. The van der Waals surface area contributed by atoms with E-state index in [0.717, 1.165) is 0 Å². The van der Waals surface area contributed by atoms with Crippen molar-refractivity contribution in [1.29, 1.82) is 0 Å². The van der Waals surface area contributed by atoms with E-state index in [-0.39, 0.29) is 24.4 Å². The number of likely N-dealkylation sites (tertiary alicyclic amines) is 1. The summed E-state index contributed by atoms with van der Waals surface area (Å²) in [4.78, 5) is 40.6. The molecule has 0 aromatic heterocycles. The van der Waals surface area contributed by atoms with E-state index in [1.165, 1.54) is 36.3 Å². The summed E-state index contributed by atoms with van der Waals surface area (Å²) in [5.74, 6) is -2.38. The van der Waals surface area contributed by atoms with Gasteiger partial charge in [0.25, 0.3) is 5.91 Å². The lowest BCUT2D eigenvalue weighted by Crippen LogP contribution is -2.54. The Morgan fingerprint density at radius 3 is 2.48 bits per heavy atom. The van der Waals surface area contributed by atoms with Crippen LogP contribution in [0, 0.1) is 0 Å². The number of hydrogen-bond donors (Lipinski definition) is 1. The number of halogens is 1. The summed E-state index contributed by atoms with van der Waals surface area (Å²) in [5.41, 5.74) is 0.199. The van der Waals surface area contributed by atoms with Gasteiger partial charge in [0.2, 0.25) is 22.2 Å². The van der Waals surface area contributed by atoms with Crippen LogP contribution in [-0.4, -0.2) is 93.8 Å². The number of hydrogen-bond acceptors (Lipinski definition) is 7. The molecule has 2 atom stereocenters. The topological polar surface area (TPSA) is 122 Å². The Hall–Kier alpha value is -2.05. The quantitative estimate of drug-likeness (QED) is 0.522. The highest BCUT2D eigenvalue weighted by Crippen LogP contribution is 2.19. The first kappa shape index (κ1) is 23.6. The van der Waals surface area contributed by atoms with Gasteiger partial charge in [-0.3, -0.25) is 14.4 Å². The predicted octanol–water partition coefficient (Wildman–Crippen LogP) is -0.126. The zero-order chi connectivity index (χ0) is 22.6. The summed E-state index contributed by atoms with van der Waals surface area (Å²) >= 11 is 5.77. The monoisotopic (exact) mass is 473 g/mol. The van der Waals surface area contributed by atoms with E-state index >= 15 is 0 Å². The van der Waals surface area contributed by atoms with Crippen LogP contribution in [0.25, 0.3) is 0 Å². The van der Waals surface area contributed by atoms with E-state index in [4.69, 9.17) is 21.1 Å². The number of ether oxygens (including phenoxy) is 2. The van der Waals surface area contributed by atoms with Gasteiger partial charge in [-0.15, -0.1) is 0 Å². The fraction of sp³-hybridized carbons (Fsp3) is 0.526. The number of ketones is 1. The predicted molar refractivity (Wildman–Crippen MR) is 111 cm³/mol. The number of nitrogens with zero attached hydrogens (tertiary/aromatic N) is 2. The number of benzene rings is 1. The SMILES string of the molecule is CO[C@@H](C(=O)N1CCOCC1)N1CC[C@H](NS(=O)(=O)CC(=O)c2ccc(Cl)cc2)C1=O. The Bertz CT molecular complexity index is 932. The first-order valence-corrected chi connectivity index (χ1v) is 11.7. The summed E-state index contributed by atoms with van der Waals surface area (Å²) in [5, 5.41) is 0.425. The molecular formula is C19H24ClN3O7S. The molecule has 1 N–H and O–H groups in total. The molecule has 2 aliphatic heterocycles. The molecule has 2 amide bonds. The highest BCUT2D eigenvalue weighted by molar-refractivity contribution is 7.90. The second-order valence-electron chi connectivity index (χ2n) is 7.21. The maximum atomic E-state index is 12.8. The molecule has 10 nitrogen and oxygen atoms in total. The van der Waals surface area contributed by atoms with Crippen molar-refractivity contribution >= 4 is 39.2 Å². The van der Waals surface area contributed by atoms with Gasteiger partial charge in [-0.2, -0.15) is 0 Å². The first-order chi connectivity index (χ1) is 14.7. The van der Waals surface area contributed by atoms with Crippen molar-refractivity contribution in [2.45, 2.75) is 18.7 Å². The molecule has 0 unspecified atom stereocenters. The molecule has 0 radical (unpaired) electrons. The number of morpholine rings is 1. The molecule has 2 heterocycles. The third-order valence-electron chi connectivity index (χ3n) is 5.09. The fourth-order valence-corrected chi connectivity index (χ4v) is 4.87. The number of carbonyl (C=O) groups excluding carboxylic acids is 3. The van der Waals surface area contributed by atoms with E-state index in [1.807, 2.05) is 0 Å². The number of sulfonamides is 1. The van der Waals surface area contributed by atoms with Crippen LogP contribution in [0.15, 0.2) is 24.3 Å². The van der Waals surface area contributed by atoms with Gasteiger partial charge in [-0.05, 0) is 30.7 Å². The fourth-order valence-electron chi connectivity index (χ4n) is 3.50. The molecule has 0 aliphatic carbocycles. The average Bonchev–Trinajstić information content (AvgIpc) is 3.08. The molecule has 31 heavy (non-hydrogen) atoms. The van der Waals surface area contributed by atoms with Crippen LogP contribution >= 0.6 is 11.6 Å². The molecule has 170 valence electrons. The summed E-state index contributed by atoms with van der Waals surface area (Å²) in [6, 6.07) is 4.78. The minimum Gasteiger partial charge on any atom is -0.378 e. The molecule has 1 aromatic rings. The molecule has 1 aromatic carbocycles. The maximum Gasteiger partial charge on any atom is 0.273 e. The number of methoxy groups -OCH3 is 1. The second kappa shape index (κ2) is 10.0. The molecule has 0 bridgehead atoms. The van der Waals surface area contributed by atoms with Gasteiger partial charge in [-0.25, -0.2) is 13.1 Å². The van der Waals surface area contributed by atoms with Crippen LogP contribution in [-0.2, 0) is 29.1 Å². The van der Waals surface area contributed by atoms with E-state index in [1.54, 1.807) is 4.90 Å². The number of carbonyl (C=O) groups is 3. The number of nitrogens with one attached hydrogen (secondary N) is 1. The Labute approximate surface area is 185 Å². The van der Waals surface area contributed by atoms with Gasteiger partial charge in [0.15, 0.2) is 5.78 Å². The summed E-state index contributed by atoms with van der Waals surface area (Å²) in [6.45, 7) is 1.74. The van der Waals surface area contributed by atoms with E-state index in [2.05, 4.69) is 4.72 Å². The van der Waals surface area contributed by atoms with Crippen molar-refractivity contribution in [3.05, 3.63) is 34.9 Å². The van der Waals surface area contributed by atoms with Gasteiger partial charge in [-0.1, -0.05) is 11.6 Å². The van der Waals surface area contributed by atoms with Crippen LogP contribution in [0.5, 0.6) is 0 Å². The molecular weight excluding hydrogens is 450 g/mol. The number of amides is 2. The molecule has 2 fully saturated rings. The lowest BCUT2D eigenvalue weighted by atomic mass is 10.1. The van der Waals surface area contributed by atoms with Crippen molar-refractivity contribution < 1.29 is 32.3 Å². The van der Waals surface area contributed by atoms with Crippen LogP contribution in [0.2, 0.25) is 5.02 Å². The number of rotatable bonds is 8. The van der Waals surface area contributed by atoms with Gasteiger partial charge in [0.05, 0.1) is 13.2 Å². The van der Waals surface area contributed by atoms with Crippen molar-refractivity contribution in [3.8, 4) is 0 Å². The minimum absolute atomic E-state index is 0.145. The normalized spacial score (nSPS) is 20.7. The van der Waals surface area contributed by atoms with Crippen LogP contribution in [0.3, 0.4) is 0 Å². The zero-order valence-corrected chi connectivity index (χ0v) is 18.5. The third kappa shape index (κ3) is 5.80. The zero-order valence-electron chi connectivity index (χ0n) is 17.0. The minimum atomic E-state index is -4.08. The summed E-state index contributed by atoms with van der Waals surface area (Å²) in [7, 11) is -2.77. The largest absolute Gasteiger partial charge is 0.378 e. The van der Waals surface area contributed by atoms with E-state index < -0.39 is 39.7 Å². The third-order valence-corrected chi connectivity index (χ3v) is 6.63. The Balaban J connectivity index is 1.62. The van der Waals surface area contributed by atoms with Gasteiger partial charge in [0.1, 0.15) is 11.8 Å². The van der Waals surface area contributed by atoms with Crippen LogP contribution in [0.1, 0.15) is 16.8 Å². The number of Topliss-reactive ketones (excluding diaryl/α,β-unsaturated/α-hetero) is 1. The van der Waals surface area contributed by atoms with Gasteiger partial charge in [0, 0.05) is 37.3 Å². The van der Waals surface area contributed by atoms with E-state index in [0.29, 0.717) is 31.3 Å².